The molecule has 5 rings (SSSR count). The number of rotatable bonds is 2. The van der Waals surface area contributed by atoms with Gasteiger partial charge in [-0.1, -0.05) is 18.2 Å². The number of nitrogens with one attached hydrogen (secondary N) is 2. The summed E-state index contributed by atoms with van der Waals surface area (Å²) in [6, 6.07) is 17.5. The van der Waals surface area contributed by atoms with E-state index in [1.54, 1.807) is 6.92 Å². The van der Waals surface area contributed by atoms with Crippen molar-refractivity contribution in [3.05, 3.63) is 80.9 Å². The topological polar surface area (TPSA) is 114 Å². The smallest absolute Gasteiger partial charge is 0.264 e. The second-order valence-electron chi connectivity index (χ2n) is 7.43. The number of benzene rings is 2. The average molecular weight is 404 g/mol. The van der Waals surface area contributed by atoms with Crippen LogP contribution in [0.4, 0.5) is 0 Å². The van der Waals surface area contributed by atoms with E-state index in [1.165, 1.54) is 10.5 Å². The molecular formula is C24H16N6O. The number of aryl methyl sites for hydroxylation is 1. The number of hydrogen-bond acceptors (Lipinski definition) is 4. The second-order valence-corrected chi connectivity index (χ2v) is 7.43. The molecule has 3 aromatic heterocycles. The van der Waals surface area contributed by atoms with Gasteiger partial charge in [-0.05, 0) is 55.3 Å². The molecule has 0 radical (unpaired) electrons. The molecule has 0 fully saturated rings. The van der Waals surface area contributed by atoms with Crippen molar-refractivity contribution in [2.24, 2.45) is 0 Å². The van der Waals surface area contributed by atoms with Crippen LogP contribution in [0.2, 0.25) is 0 Å². The lowest BCUT2D eigenvalue weighted by Crippen LogP contribution is -2.18. The molecule has 2 N–H and O–H groups in total. The van der Waals surface area contributed by atoms with Gasteiger partial charge >= 0.3 is 0 Å². The van der Waals surface area contributed by atoms with Crippen LogP contribution in [0.15, 0.2) is 47.3 Å². The highest BCUT2D eigenvalue weighted by atomic mass is 16.1. The summed E-state index contributed by atoms with van der Waals surface area (Å²) >= 11 is 0. The molecule has 7 nitrogen and oxygen atoms in total. The standard InChI is InChI=1S/C24H16N6O/c1-13-7-8-18-20(9-13)28-22(27-18)15(11-25)10-16-14(2)17(12-26)23-29-19-5-3-4-6-21(19)30(23)24(16)31/h3-10,29H,1-2H3,(H,27,28)/b15-10+. The lowest BCUT2D eigenvalue weighted by atomic mass is 10.0. The molecule has 0 amide bonds. The largest absolute Gasteiger partial charge is 0.338 e. The summed E-state index contributed by atoms with van der Waals surface area (Å²) in [5, 5.41) is 19.6. The Hall–Kier alpha value is -4.62. The Balaban J connectivity index is 1.81. The Labute approximate surface area is 176 Å². The predicted molar refractivity (Wildman–Crippen MR) is 119 cm³/mol. The van der Waals surface area contributed by atoms with Crippen LogP contribution < -0.4 is 5.56 Å². The Morgan fingerprint density at radius 3 is 2.68 bits per heavy atom. The molecular weight excluding hydrogens is 388 g/mol. The van der Waals surface area contributed by atoms with Crippen LogP contribution in [0.5, 0.6) is 0 Å². The molecule has 0 saturated heterocycles. The molecule has 0 aliphatic rings. The van der Waals surface area contributed by atoms with Gasteiger partial charge in [0, 0.05) is 5.56 Å². The highest BCUT2D eigenvalue weighted by Crippen LogP contribution is 2.24. The molecule has 0 aliphatic heterocycles. The number of imidazole rings is 2. The molecule has 7 heteroatoms. The molecule has 0 aliphatic carbocycles. The Morgan fingerprint density at radius 1 is 1.10 bits per heavy atom. The first-order valence-corrected chi connectivity index (χ1v) is 9.66. The maximum atomic E-state index is 13.4. The maximum absolute atomic E-state index is 13.4. The minimum absolute atomic E-state index is 0.220. The van der Waals surface area contributed by atoms with Crippen LogP contribution >= 0.6 is 0 Å². The number of para-hydroxylation sites is 2. The van der Waals surface area contributed by atoms with Crippen LogP contribution in [0, 0.1) is 36.5 Å². The van der Waals surface area contributed by atoms with Gasteiger partial charge in [0.25, 0.3) is 5.56 Å². The molecule has 0 atom stereocenters. The Bertz CT molecular complexity index is 1700. The van der Waals surface area contributed by atoms with Crippen LogP contribution in [0.25, 0.3) is 39.4 Å². The Morgan fingerprint density at radius 2 is 1.90 bits per heavy atom. The summed E-state index contributed by atoms with van der Waals surface area (Å²) in [6.07, 6.45) is 1.51. The fourth-order valence-corrected chi connectivity index (χ4v) is 3.91. The number of aromatic nitrogens is 4. The van der Waals surface area contributed by atoms with Crippen molar-refractivity contribution in [1.82, 2.24) is 19.4 Å². The van der Waals surface area contributed by atoms with Gasteiger partial charge in [-0.3, -0.25) is 9.20 Å². The normalized spacial score (nSPS) is 11.8. The molecule has 3 heterocycles. The number of pyridine rings is 1. The monoisotopic (exact) mass is 404 g/mol. The molecule has 0 unspecified atom stereocenters. The zero-order valence-corrected chi connectivity index (χ0v) is 16.8. The van der Waals surface area contributed by atoms with E-state index in [4.69, 9.17) is 0 Å². The first kappa shape index (κ1) is 18.4. The number of H-pyrrole nitrogens is 2. The van der Waals surface area contributed by atoms with Gasteiger partial charge < -0.3 is 9.97 Å². The molecule has 0 bridgehead atoms. The number of fused-ring (bicyclic) bond motifs is 4. The van der Waals surface area contributed by atoms with E-state index >= 15 is 0 Å². The summed E-state index contributed by atoms with van der Waals surface area (Å²) in [6.45, 7) is 3.69. The summed E-state index contributed by atoms with van der Waals surface area (Å²) in [4.78, 5) is 24.3. The van der Waals surface area contributed by atoms with Crippen LogP contribution in [0.3, 0.4) is 0 Å². The van der Waals surface area contributed by atoms with Gasteiger partial charge in [0.15, 0.2) is 0 Å². The van der Waals surface area contributed by atoms with E-state index in [0.717, 1.165) is 22.1 Å². The summed E-state index contributed by atoms with van der Waals surface area (Å²) in [7, 11) is 0. The van der Waals surface area contributed by atoms with Crippen molar-refractivity contribution in [2.75, 3.05) is 0 Å². The minimum atomic E-state index is -0.302. The van der Waals surface area contributed by atoms with E-state index in [2.05, 4.69) is 27.1 Å². The van der Waals surface area contributed by atoms with Crippen molar-refractivity contribution in [3.63, 3.8) is 0 Å². The summed E-state index contributed by atoms with van der Waals surface area (Å²) in [5.74, 6) is 0.379. The quantitative estimate of drug-likeness (QED) is 0.429. The lowest BCUT2D eigenvalue weighted by molar-refractivity contribution is 1.11. The number of nitrogens with zero attached hydrogens (tertiary/aromatic N) is 4. The van der Waals surface area contributed by atoms with Crippen LogP contribution in [-0.2, 0) is 0 Å². The van der Waals surface area contributed by atoms with Gasteiger partial charge in [-0.25, -0.2) is 4.98 Å². The van der Waals surface area contributed by atoms with Gasteiger partial charge in [-0.15, -0.1) is 0 Å². The molecule has 5 aromatic rings. The van der Waals surface area contributed by atoms with E-state index in [9.17, 15) is 15.3 Å². The molecule has 0 spiro atoms. The minimum Gasteiger partial charge on any atom is -0.338 e. The predicted octanol–water partition coefficient (Wildman–Crippen LogP) is 4.21. The van der Waals surface area contributed by atoms with Gasteiger partial charge in [-0.2, -0.15) is 10.5 Å². The van der Waals surface area contributed by atoms with E-state index in [-0.39, 0.29) is 16.7 Å². The number of allylic oxidation sites excluding steroid dienone is 1. The number of nitriles is 2. The van der Waals surface area contributed by atoms with Crippen molar-refractivity contribution in [3.8, 4) is 12.1 Å². The number of hydrogen-bond donors (Lipinski definition) is 2. The van der Waals surface area contributed by atoms with Gasteiger partial charge in [0.2, 0.25) is 0 Å². The van der Waals surface area contributed by atoms with Crippen LogP contribution in [0.1, 0.15) is 28.1 Å². The fourth-order valence-electron chi connectivity index (χ4n) is 3.91. The summed E-state index contributed by atoms with van der Waals surface area (Å²) in [5.41, 5.74) is 5.57. The Kier molecular flexibility index (Phi) is 3.99. The SMILES string of the molecule is Cc1ccc2nc(/C(C#N)=C/c3c(C)c(C#N)c4[nH]c5ccccc5n4c3=O)[nH]c2c1. The number of aromatic amines is 2. The van der Waals surface area contributed by atoms with Crippen molar-refractivity contribution in [1.29, 1.82) is 10.5 Å². The van der Waals surface area contributed by atoms with Crippen molar-refractivity contribution >= 4 is 39.4 Å². The first-order chi connectivity index (χ1) is 15.0. The maximum Gasteiger partial charge on any atom is 0.264 e. The molecule has 0 saturated carbocycles. The highest BCUT2D eigenvalue weighted by molar-refractivity contribution is 5.92. The third-order valence-electron chi connectivity index (χ3n) is 5.48. The lowest BCUT2D eigenvalue weighted by Gasteiger charge is -2.06. The van der Waals surface area contributed by atoms with Crippen LogP contribution in [-0.4, -0.2) is 19.4 Å². The van der Waals surface area contributed by atoms with Gasteiger partial charge in [0.05, 0.1) is 33.2 Å². The third-order valence-corrected chi connectivity index (χ3v) is 5.48. The zero-order chi connectivity index (χ0) is 21.7. The first-order valence-electron chi connectivity index (χ1n) is 9.66. The van der Waals surface area contributed by atoms with E-state index < -0.39 is 0 Å². The second kappa shape index (κ2) is 6.72. The zero-order valence-electron chi connectivity index (χ0n) is 16.8. The van der Waals surface area contributed by atoms with E-state index in [0.29, 0.717) is 28.1 Å². The average Bonchev–Trinajstić information content (AvgIpc) is 3.35. The summed E-state index contributed by atoms with van der Waals surface area (Å²) < 4.78 is 1.49. The van der Waals surface area contributed by atoms with Crippen molar-refractivity contribution < 1.29 is 0 Å². The van der Waals surface area contributed by atoms with Gasteiger partial charge in [0.1, 0.15) is 23.6 Å². The molecule has 31 heavy (non-hydrogen) atoms. The van der Waals surface area contributed by atoms with Crippen molar-refractivity contribution in [2.45, 2.75) is 13.8 Å². The van der Waals surface area contributed by atoms with E-state index in [1.807, 2.05) is 49.4 Å². The third kappa shape index (κ3) is 2.72. The molecule has 148 valence electrons. The highest BCUT2D eigenvalue weighted by Gasteiger charge is 2.19. The molecule has 2 aromatic carbocycles. The fraction of sp³-hybridized carbons (Fsp3) is 0.0833.